The van der Waals surface area contributed by atoms with E-state index in [2.05, 4.69) is 10.5 Å². The quantitative estimate of drug-likeness (QED) is 0.906. The molecule has 0 bridgehead atoms. The Hall–Kier alpha value is -2.54. The number of nitrogens with one attached hydrogen (secondary N) is 1. The van der Waals surface area contributed by atoms with Gasteiger partial charge in [0.05, 0.1) is 20.3 Å². The van der Waals surface area contributed by atoms with E-state index in [1.807, 2.05) is 0 Å². The number of carbonyl (C=O) groups excluding carboxylic acids is 1. The molecule has 1 amide bonds. The highest BCUT2D eigenvalue weighted by Gasteiger charge is 2.21. The second-order valence-corrected chi connectivity index (χ2v) is 5.62. The van der Waals surface area contributed by atoms with Crippen molar-refractivity contribution in [3.05, 3.63) is 35.2 Å². The van der Waals surface area contributed by atoms with Crippen LogP contribution >= 0.6 is 0 Å². The summed E-state index contributed by atoms with van der Waals surface area (Å²) in [5.74, 6) is 1.41. The van der Waals surface area contributed by atoms with E-state index in [-0.39, 0.29) is 12.0 Å². The van der Waals surface area contributed by atoms with E-state index in [0.717, 1.165) is 6.42 Å². The highest BCUT2D eigenvalue weighted by Crippen LogP contribution is 2.31. The van der Waals surface area contributed by atoms with Crippen LogP contribution in [0.3, 0.4) is 0 Å². The van der Waals surface area contributed by atoms with E-state index in [0.29, 0.717) is 47.4 Å². The van der Waals surface area contributed by atoms with Gasteiger partial charge in [-0.2, -0.15) is 0 Å². The van der Waals surface area contributed by atoms with Crippen molar-refractivity contribution in [2.45, 2.75) is 26.4 Å². The fourth-order valence-electron chi connectivity index (χ4n) is 2.54. The largest absolute Gasteiger partial charge is 0.493 e. The number of hydrogen-bond donors (Lipinski definition) is 1. The molecule has 7 nitrogen and oxygen atoms in total. The number of aromatic nitrogens is 1. The highest BCUT2D eigenvalue weighted by molar-refractivity contribution is 6.05. The normalized spacial score (nSPS) is 16.9. The first-order valence-electron chi connectivity index (χ1n) is 7.75. The van der Waals surface area contributed by atoms with Gasteiger partial charge in [-0.25, -0.2) is 0 Å². The van der Waals surface area contributed by atoms with Gasteiger partial charge in [0.2, 0.25) is 0 Å². The molecule has 1 N–H and O–H groups in total. The summed E-state index contributed by atoms with van der Waals surface area (Å²) >= 11 is 0. The minimum Gasteiger partial charge on any atom is -0.493 e. The number of anilines is 1. The fraction of sp³-hybridized carbons (Fsp3) is 0.412. The van der Waals surface area contributed by atoms with Gasteiger partial charge in [0.25, 0.3) is 5.91 Å². The van der Waals surface area contributed by atoms with Crippen molar-refractivity contribution in [2.75, 3.05) is 25.6 Å². The molecular weight excluding hydrogens is 312 g/mol. The maximum Gasteiger partial charge on any atom is 0.255 e. The van der Waals surface area contributed by atoms with Crippen LogP contribution in [0.4, 0.5) is 5.69 Å². The van der Waals surface area contributed by atoms with Gasteiger partial charge in [0.1, 0.15) is 17.5 Å². The zero-order valence-electron chi connectivity index (χ0n) is 13.9. The molecule has 1 aliphatic rings. The van der Waals surface area contributed by atoms with Crippen LogP contribution in [0.25, 0.3) is 0 Å². The van der Waals surface area contributed by atoms with Crippen molar-refractivity contribution in [3.8, 4) is 11.5 Å². The molecule has 1 aliphatic heterocycles. The van der Waals surface area contributed by atoms with E-state index in [9.17, 15) is 4.79 Å². The molecule has 2 aromatic rings. The van der Waals surface area contributed by atoms with Crippen LogP contribution in [-0.2, 0) is 4.74 Å². The van der Waals surface area contributed by atoms with Gasteiger partial charge >= 0.3 is 0 Å². The molecule has 7 heteroatoms. The number of methoxy groups -OCH3 is 1. The van der Waals surface area contributed by atoms with Crippen LogP contribution < -0.4 is 14.8 Å². The fourth-order valence-corrected chi connectivity index (χ4v) is 2.54. The third-order valence-electron chi connectivity index (χ3n) is 3.88. The Morgan fingerprint density at radius 3 is 2.79 bits per heavy atom. The van der Waals surface area contributed by atoms with Gasteiger partial charge < -0.3 is 24.1 Å². The summed E-state index contributed by atoms with van der Waals surface area (Å²) in [6.45, 7) is 4.74. The maximum atomic E-state index is 12.5. The Labute approximate surface area is 139 Å². The van der Waals surface area contributed by atoms with Gasteiger partial charge in [-0.3, -0.25) is 4.79 Å². The Balaban J connectivity index is 1.81. The summed E-state index contributed by atoms with van der Waals surface area (Å²) in [7, 11) is 1.57. The summed E-state index contributed by atoms with van der Waals surface area (Å²) < 4.78 is 21.6. The van der Waals surface area contributed by atoms with Crippen LogP contribution in [-0.4, -0.2) is 37.5 Å². The second-order valence-electron chi connectivity index (χ2n) is 5.62. The summed E-state index contributed by atoms with van der Waals surface area (Å²) in [6, 6.07) is 5.07. The number of hydrogen-bond acceptors (Lipinski definition) is 6. The third kappa shape index (κ3) is 3.35. The van der Waals surface area contributed by atoms with Crippen molar-refractivity contribution < 1.29 is 23.5 Å². The molecule has 0 spiro atoms. The van der Waals surface area contributed by atoms with E-state index < -0.39 is 0 Å². The second kappa shape index (κ2) is 6.92. The first kappa shape index (κ1) is 16.3. The Kier molecular flexibility index (Phi) is 4.71. The number of nitrogens with zero attached hydrogens (tertiary/aromatic N) is 1. The lowest BCUT2D eigenvalue weighted by Crippen LogP contribution is -2.17. The average Bonchev–Trinajstić information content (AvgIpc) is 3.20. The number of rotatable bonds is 5. The molecular formula is C17H20N2O5. The Morgan fingerprint density at radius 1 is 1.33 bits per heavy atom. The molecule has 1 aromatic carbocycles. The van der Waals surface area contributed by atoms with Crippen LogP contribution in [0.5, 0.6) is 11.5 Å². The molecule has 2 heterocycles. The first-order chi connectivity index (χ1) is 11.6. The molecule has 24 heavy (non-hydrogen) atoms. The van der Waals surface area contributed by atoms with Gasteiger partial charge in [-0.1, -0.05) is 5.16 Å². The smallest absolute Gasteiger partial charge is 0.255 e. The topological polar surface area (TPSA) is 82.8 Å². The van der Waals surface area contributed by atoms with Crippen molar-refractivity contribution in [1.82, 2.24) is 5.16 Å². The number of amides is 1. The summed E-state index contributed by atoms with van der Waals surface area (Å²) in [5, 5.41) is 6.64. The SMILES string of the molecule is COc1ccc(C(=O)Nc2c(C)noc2C)cc1OC1CCOC1. The van der Waals surface area contributed by atoms with Crippen LogP contribution in [0.15, 0.2) is 22.7 Å². The summed E-state index contributed by atoms with van der Waals surface area (Å²) in [5.41, 5.74) is 1.68. The Bertz CT molecular complexity index is 715. The minimum atomic E-state index is -0.264. The van der Waals surface area contributed by atoms with E-state index in [4.69, 9.17) is 18.7 Å². The molecule has 1 saturated heterocycles. The predicted octanol–water partition coefficient (Wildman–Crippen LogP) is 2.72. The lowest BCUT2D eigenvalue weighted by atomic mass is 10.1. The third-order valence-corrected chi connectivity index (χ3v) is 3.88. The average molecular weight is 332 g/mol. The van der Waals surface area contributed by atoms with Crippen molar-refractivity contribution in [1.29, 1.82) is 0 Å². The summed E-state index contributed by atoms with van der Waals surface area (Å²) in [4.78, 5) is 12.5. The van der Waals surface area contributed by atoms with Gasteiger partial charge in [-0.05, 0) is 32.0 Å². The van der Waals surface area contributed by atoms with Crippen molar-refractivity contribution in [3.63, 3.8) is 0 Å². The minimum absolute atomic E-state index is 0.0280. The zero-order valence-corrected chi connectivity index (χ0v) is 13.9. The zero-order chi connectivity index (χ0) is 17.1. The van der Waals surface area contributed by atoms with Gasteiger partial charge in [-0.15, -0.1) is 0 Å². The number of aryl methyl sites for hydroxylation is 2. The number of ether oxygens (including phenoxy) is 3. The molecule has 0 radical (unpaired) electrons. The van der Waals surface area contributed by atoms with Gasteiger partial charge in [0, 0.05) is 12.0 Å². The molecule has 1 unspecified atom stereocenters. The lowest BCUT2D eigenvalue weighted by molar-refractivity contribution is 0.102. The van der Waals surface area contributed by atoms with Crippen LogP contribution in [0, 0.1) is 13.8 Å². The number of benzene rings is 1. The molecule has 128 valence electrons. The number of carbonyl (C=O) groups is 1. The van der Waals surface area contributed by atoms with Gasteiger partial charge in [0.15, 0.2) is 17.3 Å². The molecule has 1 fully saturated rings. The standard InChI is InChI=1S/C17H20N2O5/c1-10-16(11(2)24-19-10)18-17(20)12-4-5-14(21-3)15(8-12)23-13-6-7-22-9-13/h4-5,8,13H,6-7,9H2,1-3H3,(H,18,20). The molecule has 3 rings (SSSR count). The maximum absolute atomic E-state index is 12.5. The summed E-state index contributed by atoms with van der Waals surface area (Å²) in [6.07, 6.45) is 0.790. The molecule has 1 atom stereocenters. The van der Waals surface area contributed by atoms with E-state index >= 15 is 0 Å². The predicted molar refractivity (Wildman–Crippen MR) is 86.8 cm³/mol. The van der Waals surface area contributed by atoms with E-state index in [1.54, 1.807) is 39.2 Å². The lowest BCUT2D eigenvalue weighted by Gasteiger charge is -2.16. The van der Waals surface area contributed by atoms with E-state index in [1.165, 1.54) is 0 Å². The first-order valence-corrected chi connectivity index (χ1v) is 7.75. The van der Waals surface area contributed by atoms with Crippen molar-refractivity contribution >= 4 is 11.6 Å². The molecule has 0 saturated carbocycles. The monoisotopic (exact) mass is 332 g/mol. The van der Waals surface area contributed by atoms with Crippen molar-refractivity contribution in [2.24, 2.45) is 0 Å². The molecule has 1 aromatic heterocycles. The highest BCUT2D eigenvalue weighted by atomic mass is 16.6. The van der Waals surface area contributed by atoms with Crippen LogP contribution in [0.2, 0.25) is 0 Å². The van der Waals surface area contributed by atoms with Crippen LogP contribution in [0.1, 0.15) is 28.2 Å². The molecule has 0 aliphatic carbocycles. The Morgan fingerprint density at radius 2 is 2.17 bits per heavy atom.